The van der Waals surface area contributed by atoms with Crippen LogP contribution in [0, 0.1) is 0 Å². The molecule has 0 aromatic heterocycles. The highest BCUT2D eigenvalue weighted by molar-refractivity contribution is 6.15. The van der Waals surface area contributed by atoms with Crippen molar-refractivity contribution in [3.63, 3.8) is 0 Å². The Balaban J connectivity index is 2.02. The van der Waals surface area contributed by atoms with Crippen LogP contribution in [0.1, 0.15) is 24.2 Å². The van der Waals surface area contributed by atoms with Gasteiger partial charge in [-0.25, -0.2) is 14.4 Å². The van der Waals surface area contributed by atoms with Crippen LogP contribution in [0.2, 0.25) is 0 Å². The van der Waals surface area contributed by atoms with E-state index in [-0.39, 0.29) is 5.57 Å². The first kappa shape index (κ1) is 19.2. The molecule has 0 saturated carbocycles. The molecule has 2 aromatic rings. The number of rotatable bonds is 4. The number of cyclic esters (lactones) is 2. The summed E-state index contributed by atoms with van der Waals surface area (Å²) in [4.78, 5) is 36.5. The summed E-state index contributed by atoms with van der Waals surface area (Å²) in [6.07, 6.45) is 1.21. The number of hydrogen-bond acceptors (Lipinski definition) is 7. The van der Waals surface area contributed by atoms with E-state index >= 15 is 0 Å². The van der Waals surface area contributed by atoms with Gasteiger partial charge in [-0.05, 0) is 17.7 Å². The molecule has 1 aliphatic heterocycles. The van der Waals surface area contributed by atoms with Crippen molar-refractivity contribution in [2.75, 3.05) is 12.4 Å². The lowest BCUT2D eigenvalue weighted by molar-refractivity contribution is -0.222. The first-order valence-corrected chi connectivity index (χ1v) is 8.52. The minimum absolute atomic E-state index is 0.276. The molecule has 0 amide bonds. The van der Waals surface area contributed by atoms with Gasteiger partial charge in [-0.3, -0.25) is 0 Å². The summed E-state index contributed by atoms with van der Waals surface area (Å²) >= 11 is 0. The highest BCUT2D eigenvalue weighted by atomic mass is 16.7. The lowest BCUT2D eigenvalue weighted by atomic mass is 9.97. The zero-order valence-electron chi connectivity index (χ0n) is 15.6. The number of benzene rings is 2. The fourth-order valence-corrected chi connectivity index (χ4v) is 2.80. The summed E-state index contributed by atoms with van der Waals surface area (Å²) in [5.74, 6) is -3.41. The molecule has 0 spiro atoms. The third kappa shape index (κ3) is 3.88. The fourth-order valence-electron chi connectivity index (χ4n) is 2.80. The molecule has 1 aliphatic rings. The summed E-state index contributed by atoms with van der Waals surface area (Å²) in [5.41, 5.74) is 1.91. The molecule has 0 unspecified atom stereocenters. The number of nitrogens with one attached hydrogen (secondary N) is 1. The molecule has 7 nitrogen and oxygen atoms in total. The Morgan fingerprint density at radius 3 is 2.25 bits per heavy atom. The van der Waals surface area contributed by atoms with E-state index in [0.29, 0.717) is 16.8 Å². The second-order valence-electron chi connectivity index (χ2n) is 6.47. The minimum atomic E-state index is -1.31. The van der Waals surface area contributed by atoms with Crippen LogP contribution < -0.4 is 5.32 Å². The molecular weight excluding hydrogens is 362 g/mol. The topological polar surface area (TPSA) is 90.9 Å². The standard InChI is InChI=1S/C21H19NO6/c1-21(2)27-19(24)15(20(25)28-21)12-22-16-11-7-10-14(18(23)26-3)17(16)13-8-5-4-6-9-13/h4-12,22H,1-3H3. The van der Waals surface area contributed by atoms with Crippen LogP contribution in [0.25, 0.3) is 11.1 Å². The highest BCUT2D eigenvalue weighted by Gasteiger charge is 2.39. The summed E-state index contributed by atoms with van der Waals surface area (Å²) in [6.45, 7) is 2.95. The molecule has 1 heterocycles. The smallest absolute Gasteiger partial charge is 0.350 e. The average molecular weight is 381 g/mol. The summed E-state index contributed by atoms with van der Waals surface area (Å²) in [6, 6.07) is 14.2. The van der Waals surface area contributed by atoms with Gasteiger partial charge in [0.05, 0.1) is 12.7 Å². The lowest BCUT2D eigenvalue weighted by Gasteiger charge is -2.29. The van der Waals surface area contributed by atoms with Crippen molar-refractivity contribution in [2.24, 2.45) is 0 Å². The van der Waals surface area contributed by atoms with Crippen molar-refractivity contribution in [3.05, 3.63) is 65.9 Å². The third-order valence-corrected chi connectivity index (χ3v) is 4.02. The molecule has 1 fully saturated rings. The molecule has 144 valence electrons. The van der Waals surface area contributed by atoms with E-state index in [1.807, 2.05) is 30.3 Å². The SMILES string of the molecule is COC(=O)c1cccc(NC=C2C(=O)OC(C)(C)OC2=O)c1-c1ccccc1. The second kappa shape index (κ2) is 7.56. The van der Waals surface area contributed by atoms with Crippen LogP contribution in [0.5, 0.6) is 0 Å². The Labute approximate surface area is 161 Å². The van der Waals surface area contributed by atoms with Crippen LogP contribution >= 0.6 is 0 Å². The molecule has 28 heavy (non-hydrogen) atoms. The van der Waals surface area contributed by atoms with Gasteiger partial charge < -0.3 is 19.5 Å². The number of ether oxygens (including phenoxy) is 3. The van der Waals surface area contributed by atoms with Crippen LogP contribution in [-0.4, -0.2) is 30.8 Å². The zero-order valence-corrected chi connectivity index (χ0v) is 15.6. The summed E-state index contributed by atoms with van der Waals surface area (Å²) in [5, 5.41) is 2.92. The Morgan fingerprint density at radius 2 is 1.64 bits per heavy atom. The molecule has 3 rings (SSSR count). The maximum Gasteiger partial charge on any atom is 0.350 e. The maximum absolute atomic E-state index is 12.2. The van der Waals surface area contributed by atoms with Crippen LogP contribution in [0.15, 0.2) is 60.3 Å². The molecule has 2 aromatic carbocycles. The van der Waals surface area contributed by atoms with Crippen LogP contribution in [0.3, 0.4) is 0 Å². The van der Waals surface area contributed by atoms with Crippen molar-refractivity contribution >= 4 is 23.6 Å². The maximum atomic E-state index is 12.2. The van der Waals surface area contributed by atoms with E-state index in [1.54, 1.807) is 18.2 Å². The van der Waals surface area contributed by atoms with Crippen LogP contribution in [0.4, 0.5) is 5.69 Å². The normalized spacial score (nSPS) is 15.3. The Kier molecular flexibility index (Phi) is 5.17. The lowest BCUT2D eigenvalue weighted by Crippen LogP contribution is -2.42. The fraction of sp³-hybridized carbons (Fsp3) is 0.190. The van der Waals surface area contributed by atoms with Gasteiger partial charge >= 0.3 is 17.9 Å². The van der Waals surface area contributed by atoms with E-state index < -0.39 is 23.7 Å². The molecule has 0 bridgehead atoms. The van der Waals surface area contributed by atoms with Crippen molar-refractivity contribution in [2.45, 2.75) is 19.6 Å². The molecule has 0 aliphatic carbocycles. The number of esters is 3. The molecule has 0 radical (unpaired) electrons. The number of carbonyl (C=O) groups excluding carboxylic acids is 3. The molecule has 0 atom stereocenters. The second-order valence-corrected chi connectivity index (χ2v) is 6.47. The minimum Gasteiger partial charge on any atom is -0.465 e. The van der Waals surface area contributed by atoms with E-state index in [1.165, 1.54) is 27.2 Å². The van der Waals surface area contributed by atoms with Gasteiger partial charge in [-0.1, -0.05) is 36.4 Å². The number of carbonyl (C=O) groups is 3. The third-order valence-electron chi connectivity index (χ3n) is 4.02. The quantitative estimate of drug-likeness (QED) is 0.494. The molecule has 1 saturated heterocycles. The summed E-state index contributed by atoms with van der Waals surface area (Å²) in [7, 11) is 1.30. The van der Waals surface area contributed by atoms with Crippen molar-refractivity contribution in [3.8, 4) is 11.1 Å². The van der Waals surface area contributed by atoms with E-state index in [9.17, 15) is 14.4 Å². The van der Waals surface area contributed by atoms with Crippen molar-refractivity contribution < 1.29 is 28.6 Å². The van der Waals surface area contributed by atoms with E-state index in [2.05, 4.69) is 5.32 Å². The Morgan fingerprint density at radius 1 is 1.00 bits per heavy atom. The first-order valence-electron chi connectivity index (χ1n) is 8.52. The van der Waals surface area contributed by atoms with Crippen LogP contribution in [-0.2, 0) is 23.8 Å². The highest BCUT2D eigenvalue weighted by Crippen LogP contribution is 2.33. The van der Waals surface area contributed by atoms with E-state index in [4.69, 9.17) is 14.2 Å². The predicted molar refractivity (Wildman–Crippen MR) is 101 cm³/mol. The van der Waals surface area contributed by atoms with Crippen molar-refractivity contribution in [1.82, 2.24) is 0 Å². The number of methoxy groups -OCH3 is 1. The van der Waals surface area contributed by atoms with Gasteiger partial charge in [0.25, 0.3) is 5.79 Å². The zero-order chi connectivity index (χ0) is 20.3. The summed E-state index contributed by atoms with van der Waals surface area (Å²) < 4.78 is 15.0. The van der Waals surface area contributed by atoms with Gasteiger partial charge in [0.1, 0.15) is 0 Å². The van der Waals surface area contributed by atoms with Gasteiger partial charge in [0.2, 0.25) is 0 Å². The molecule has 7 heteroatoms. The number of anilines is 1. The average Bonchev–Trinajstić information content (AvgIpc) is 2.66. The van der Waals surface area contributed by atoms with E-state index in [0.717, 1.165) is 5.56 Å². The predicted octanol–water partition coefficient (Wildman–Crippen LogP) is 3.27. The van der Waals surface area contributed by atoms with Gasteiger partial charge in [-0.15, -0.1) is 0 Å². The van der Waals surface area contributed by atoms with Crippen molar-refractivity contribution in [1.29, 1.82) is 0 Å². The number of hydrogen-bond donors (Lipinski definition) is 1. The van der Waals surface area contributed by atoms with Gasteiger partial charge in [0, 0.05) is 31.3 Å². The Hall–Kier alpha value is -3.61. The monoisotopic (exact) mass is 381 g/mol. The largest absolute Gasteiger partial charge is 0.465 e. The molecule has 1 N–H and O–H groups in total. The Bertz CT molecular complexity index is 940. The van der Waals surface area contributed by atoms with Gasteiger partial charge in [-0.2, -0.15) is 0 Å². The first-order chi connectivity index (χ1) is 13.3. The van der Waals surface area contributed by atoms with Gasteiger partial charge in [0.15, 0.2) is 5.57 Å². The molecular formula is C21H19NO6.